The van der Waals surface area contributed by atoms with Gasteiger partial charge in [-0.15, -0.1) is 12.4 Å². The van der Waals surface area contributed by atoms with Crippen LogP contribution in [0.2, 0.25) is 0 Å². The zero-order chi connectivity index (χ0) is 18.4. The number of nitrogens with zero attached hydrogens (tertiary/aromatic N) is 1. The molecule has 0 aliphatic heterocycles. The maximum Gasteiger partial charge on any atom is 0.189 e. The Kier molecular flexibility index (Phi) is 8.08. The number of benzene rings is 2. The van der Waals surface area contributed by atoms with Gasteiger partial charge in [0.15, 0.2) is 5.78 Å². The average Bonchev–Trinajstić information content (AvgIpc) is 2.69. The Labute approximate surface area is 168 Å². The van der Waals surface area contributed by atoms with E-state index < -0.39 is 0 Å². The van der Waals surface area contributed by atoms with Gasteiger partial charge in [0, 0.05) is 17.7 Å². The van der Waals surface area contributed by atoms with E-state index in [1.807, 2.05) is 54.6 Å². The summed E-state index contributed by atoms with van der Waals surface area (Å²) >= 11 is 0. The number of carbonyl (C=O) groups excluding carboxylic acids is 1. The normalized spacial score (nSPS) is 14.8. The number of ketones is 1. The molecular formula is C23H28ClNO2. The average molecular weight is 386 g/mol. The number of aryl methyl sites for hydroxylation is 1. The molecule has 0 saturated carbocycles. The molecule has 4 heteroatoms. The van der Waals surface area contributed by atoms with E-state index in [1.54, 1.807) is 0 Å². The summed E-state index contributed by atoms with van der Waals surface area (Å²) in [7, 11) is 0. The topological polar surface area (TPSA) is 29.5 Å². The van der Waals surface area contributed by atoms with Crippen LogP contribution in [0.1, 0.15) is 41.8 Å². The van der Waals surface area contributed by atoms with Gasteiger partial charge in [-0.05, 0) is 55.3 Å². The van der Waals surface area contributed by atoms with Gasteiger partial charge in [0.05, 0.1) is 0 Å². The van der Waals surface area contributed by atoms with Crippen LogP contribution < -0.4 is 4.74 Å². The third-order valence-electron chi connectivity index (χ3n) is 5.01. The molecule has 2 aromatic rings. The number of likely N-dealkylation sites (N-methyl/N-ethyl adjacent to an activating group) is 1. The molecule has 27 heavy (non-hydrogen) atoms. The van der Waals surface area contributed by atoms with Gasteiger partial charge < -0.3 is 9.64 Å². The highest BCUT2D eigenvalue weighted by Gasteiger charge is 2.20. The molecule has 0 aromatic heterocycles. The summed E-state index contributed by atoms with van der Waals surface area (Å²) in [6.07, 6.45) is 3.75. The van der Waals surface area contributed by atoms with Crippen molar-refractivity contribution in [1.29, 1.82) is 0 Å². The molecule has 1 aliphatic rings. The molecule has 0 spiro atoms. The Bertz CT molecular complexity index is 779. The zero-order valence-corrected chi connectivity index (χ0v) is 16.9. The van der Waals surface area contributed by atoms with Crippen LogP contribution in [0.15, 0.2) is 54.1 Å². The molecule has 0 atom stereocenters. The number of rotatable bonds is 7. The van der Waals surface area contributed by atoms with Crippen molar-refractivity contribution < 1.29 is 9.53 Å². The quantitative estimate of drug-likeness (QED) is 0.625. The Morgan fingerprint density at radius 1 is 1.00 bits per heavy atom. The zero-order valence-electron chi connectivity index (χ0n) is 16.1. The van der Waals surface area contributed by atoms with Crippen LogP contribution in [0.3, 0.4) is 0 Å². The van der Waals surface area contributed by atoms with E-state index in [-0.39, 0.29) is 18.2 Å². The first kappa shape index (κ1) is 21.2. The number of fused-ring (bicyclic) bond motifs is 1. The first-order chi connectivity index (χ1) is 12.7. The Hall–Kier alpha value is -2.10. The molecule has 0 bridgehead atoms. The van der Waals surface area contributed by atoms with Crippen LogP contribution in [0.5, 0.6) is 5.75 Å². The molecule has 0 unspecified atom stereocenters. The number of hydrogen-bond acceptors (Lipinski definition) is 3. The third kappa shape index (κ3) is 5.44. The van der Waals surface area contributed by atoms with Gasteiger partial charge in [-0.2, -0.15) is 0 Å². The first-order valence-electron chi connectivity index (χ1n) is 9.49. The van der Waals surface area contributed by atoms with Crippen LogP contribution in [-0.4, -0.2) is 36.9 Å². The van der Waals surface area contributed by atoms with E-state index in [9.17, 15) is 4.79 Å². The molecule has 0 radical (unpaired) electrons. The van der Waals surface area contributed by atoms with E-state index in [1.165, 1.54) is 0 Å². The minimum atomic E-state index is 0. The van der Waals surface area contributed by atoms with Gasteiger partial charge in [-0.25, -0.2) is 0 Å². The maximum atomic E-state index is 12.7. The van der Waals surface area contributed by atoms with E-state index in [2.05, 4.69) is 18.7 Å². The molecule has 144 valence electrons. The summed E-state index contributed by atoms with van der Waals surface area (Å²) in [5, 5.41) is 0. The van der Waals surface area contributed by atoms with Crippen molar-refractivity contribution in [3.63, 3.8) is 0 Å². The number of allylic oxidation sites excluding steroid dienone is 1. The van der Waals surface area contributed by atoms with Crippen molar-refractivity contribution in [2.45, 2.75) is 26.7 Å². The predicted octanol–water partition coefficient (Wildman–Crippen LogP) is 5.04. The number of halogens is 1. The van der Waals surface area contributed by atoms with Gasteiger partial charge in [0.2, 0.25) is 0 Å². The van der Waals surface area contributed by atoms with Crippen LogP contribution in [-0.2, 0) is 6.42 Å². The lowest BCUT2D eigenvalue weighted by Crippen LogP contribution is -2.27. The maximum absolute atomic E-state index is 12.7. The molecule has 3 rings (SSSR count). The molecular weight excluding hydrogens is 358 g/mol. The minimum Gasteiger partial charge on any atom is -0.492 e. The van der Waals surface area contributed by atoms with Crippen LogP contribution >= 0.6 is 12.4 Å². The SMILES string of the molecule is CCN(CC)CCOc1ccc(/C=C2\CCc3ccccc3C2=O)cc1.Cl. The fourth-order valence-electron chi connectivity index (χ4n) is 3.35. The number of ether oxygens (including phenoxy) is 1. The lowest BCUT2D eigenvalue weighted by molar-refractivity contribution is 0.102. The summed E-state index contributed by atoms with van der Waals surface area (Å²) in [4.78, 5) is 15.0. The molecule has 0 N–H and O–H groups in total. The van der Waals surface area contributed by atoms with Gasteiger partial charge in [0.25, 0.3) is 0 Å². The van der Waals surface area contributed by atoms with Crippen molar-refractivity contribution in [3.05, 3.63) is 70.8 Å². The summed E-state index contributed by atoms with van der Waals surface area (Å²) in [6, 6.07) is 15.9. The Morgan fingerprint density at radius 3 is 2.41 bits per heavy atom. The van der Waals surface area contributed by atoms with Gasteiger partial charge in [0.1, 0.15) is 12.4 Å². The molecule has 0 saturated heterocycles. The second-order valence-corrected chi connectivity index (χ2v) is 6.60. The largest absolute Gasteiger partial charge is 0.492 e. The Morgan fingerprint density at radius 2 is 1.70 bits per heavy atom. The molecule has 2 aromatic carbocycles. The lowest BCUT2D eigenvalue weighted by atomic mass is 9.86. The predicted molar refractivity (Wildman–Crippen MR) is 114 cm³/mol. The summed E-state index contributed by atoms with van der Waals surface area (Å²) in [5.74, 6) is 1.03. The monoisotopic (exact) mass is 385 g/mol. The standard InChI is InChI=1S/C23H27NO2.ClH/c1-3-24(4-2)15-16-26-21-13-9-18(10-14-21)17-20-12-11-19-7-5-6-8-22(19)23(20)25;/h5-10,13-14,17H,3-4,11-12,15-16H2,1-2H3;1H/b20-17+;. The van der Waals surface area contributed by atoms with E-state index >= 15 is 0 Å². The fourth-order valence-corrected chi connectivity index (χ4v) is 3.35. The second-order valence-electron chi connectivity index (χ2n) is 6.60. The molecule has 0 fully saturated rings. The molecule has 1 aliphatic carbocycles. The summed E-state index contributed by atoms with van der Waals surface area (Å²) in [6.45, 7) is 8.05. The lowest BCUT2D eigenvalue weighted by Gasteiger charge is -2.18. The summed E-state index contributed by atoms with van der Waals surface area (Å²) < 4.78 is 5.82. The Balaban J connectivity index is 0.00000261. The highest BCUT2D eigenvalue weighted by atomic mass is 35.5. The van der Waals surface area contributed by atoms with Crippen LogP contribution in [0, 0.1) is 0 Å². The third-order valence-corrected chi connectivity index (χ3v) is 5.01. The van der Waals surface area contributed by atoms with Crippen LogP contribution in [0.4, 0.5) is 0 Å². The van der Waals surface area contributed by atoms with Crippen molar-refractivity contribution in [1.82, 2.24) is 4.90 Å². The van der Waals surface area contributed by atoms with Crippen molar-refractivity contribution in [2.24, 2.45) is 0 Å². The van der Waals surface area contributed by atoms with Gasteiger partial charge in [-0.3, -0.25) is 4.79 Å². The molecule has 0 heterocycles. The van der Waals surface area contributed by atoms with Gasteiger partial charge in [-0.1, -0.05) is 50.2 Å². The second kappa shape index (κ2) is 10.3. The number of hydrogen-bond donors (Lipinski definition) is 0. The van der Waals surface area contributed by atoms with Crippen molar-refractivity contribution in [2.75, 3.05) is 26.2 Å². The van der Waals surface area contributed by atoms with E-state index in [0.717, 1.165) is 60.5 Å². The first-order valence-corrected chi connectivity index (χ1v) is 9.49. The van der Waals surface area contributed by atoms with Crippen LogP contribution in [0.25, 0.3) is 6.08 Å². The number of Topliss-reactive ketones (excluding diaryl/α,β-unsaturated/α-hetero) is 1. The van der Waals surface area contributed by atoms with Gasteiger partial charge >= 0.3 is 0 Å². The minimum absolute atomic E-state index is 0. The molecule has 0 amide bonds. The van der Waals surface area contributed by atoms with E-state index in [0.29, 0.717) is 6.61 Å². The van der Waals surface area contributed by atoms with Crippen molar-refractivity contribution in [3.8, 4) is 5.75 Å². The summed E-state index contributed by atoms with van der Waals surface area (Å²) in [5.41, 5.74) is 3.94. The molecule has 3 nitrogen and oxygen atoms in total. The van der Waals surface area contributed by atoms with Crippen molar-refractivity contribution >= 4 is 24.3 Å². The fraction of sp³-hybridized carbons (Fsp3) is 0.348. The highest BCUT2D eigenvalue weighted by molar-refractivity contribution is 6.13. The smallest absolute Gasteiger partial charge is 0.189 e. The van der Waals surface area contributed by atoms with E-state index in [4.69, 9.17) is 4.74 Å². The highest BCUT2D eigenvalue weighted by Crippen LogP contribution is 2.26. The number of carbonyl (C=O) groups is 1.